The maximum absolute atomic E-state index is 2.43. The van der Waals surface area contributed by atoms with Crippen LogP contribution >= 0.6 is 0 Å². The first-order valence-electron chi connectivity index (χ1n) is 7.93. The standard InChI is InChI=1S/C21H22/c1-21(2,3)13-14-11-17-9-7-15-5-4-6-16-8-10-18(12-14)20(17)19(15)16/h4-5,7-12,20H,6,13H2,1-3H3. The Labute approximate surface area is 127 Å². The molecule has 0 bridgehead atoms. The molecule has 0 N–H and O–H groups in total. The molecule has 0 saturated heterocycles. The summed E-state index contributed by atoms with van der Waals surface area (Å²) in [5, 5.41) is 0. The zero-order valence-electron chi connectivity index (χ0n) is 13.1. The topological polar surface area (TPSA) is 0 Å². The van der Waals surface area contributed by atoms with Crippen LogP contribution < -0.4 is 0 Å². The lowest BCUT2D eigenvalue weighted by atomic mass is 9.67. The molecular weight excluding hydrogens is 252 g/mol. The van der Waals surface area contributed by atoms with Crippen LogP contribution in [-0.4, -0.2) is 0 Å². The summed E-state index contributed by atoms with van der Waals surface area (Å²) in [7, 11) is 0. The van der Waals surface area contributed by atoms with Crippen molar-refractivity contribution in [3.63, 3.8) is 0 Å². The number of allylic oxidation sites excluding steroid dienone is 14. The minimum atomic E-state index is 0.336. The average Bonchev–Trinajstić information content (AvgIpc) is 2.42. The first-order chi connectivity index (χ1) is 10.0. The van der Waals surface area contributed by atoms with Gasteiger partial charge in [-0.2, -0.15) is 0 Å². The summed E-state index contributed by atoms with van der Waals surface area (Å²) in [6.45, 7) is 6.94. The van der Waals surface area contributed by atoms with Crippen molar-refractivity contribution in [2.24, 2.45) is 11.3 Å². The summed E-state index contributed by atoms with van der Waals surface area (Å²) < 4.78 is 0. The van der Waals surface area contributed by atoms with Gasteiger partial charge in [0, 0.05) is 5.92 Å². The van der Waals surface area contributed by atoms with Crippen LogP contribution in [0.5, 0.6) is 0 Å². The molecular formula is C21H22. The highest BCUT2D eigenvalue weighted by molar-refractivity contribution is 5.68. The first-order valence-corrected chi connectivity index (χ1v) is 7.93. The zero-order chi connectivity index (χ0) is 14.6. The van der Waals surface area contributed by atoms with Crippen LogP contribution in [0.4, 0.5) is 0 Å². The molecule has 4 aliphatic rings. The Balaban J connectivity index is 1.82. The predicted molar refractivity (Wildman–Crippen MR) is 89.8 cm³/mol. The summed E-state index contributed by atoms with van der Waals surface area (Å²) in [6.07, 6.45) is 20.9. The Morgan fingerprint density at radius 3 is 2.67 bits per heavy atom. The van der Waals surface area contributed by atoms with Gasteiger partial charge in [-0.05, 0) is 51.7 Å². The van der Waals surface area contributed by atoms with Gasteiger partial charge in [0.25, 0.3) is 0 Å². The first kappa shape index (κ1) is 12.9. The van der Waals surface area contributed by atoms with E-state index < -0.39 is 0 Å². The van der Waals surface area contributed by atoms with Crippen molar-refractivity contribution in [2.75, 3.05) is 0 Å². The molecule has 0 aromatic rings. The molecule has 1 atom stereocenters. The molecule has 0 radical (unpaired) electrons. The lowest BCUT2D eigenvalue weighted by Crippen LogP contribution is -2.22. The molecule has 0 aliphatic heterocycles. The van der Waals surface area contributed by atoms with Crippen molar-refractivity contribution < 1.29 is 0 Å². The van der Waals surface area contributed by atoms with Crippen molar-refractivity contribution in [3.8, 4) is 0 Å². The fourth-order valence-electron chi connectivity index (χ4n) is 3.90. The maximum atomic E-state index is 2.43. The van der Waals surface area contributed by atoms with Crippen LogP contribution in [0.2, 0.25) is 0 Å². The normalized spacial score (nSPS) is 26.0. The van der Waals surface area contributed by atoms with Gasteiger partial charge in [0.15, 0.2) is 0 Å². The van der Waals surface area contributed by atoms with E-state index in [2.05, 4.69) is 69.4 Å². The Morgan fingerprint density at radius 1 is 1.00 bits per heavy atom. The van der Waals surface area contributed by atoms with E-state index in [0.29, 0.717) is 11.3 Å². The van der Waals surface area contributed by atoms with E-state index in [-0.39, 0.29) is 0 Å². The molecule has 1 unspecified atom stereocenters. The van der Waals surface area contributed by atoms with Crippen LogP contribution in [0.25, 0.3) is 0 Å². The minimum Gasteiger partial charge on any atom is -0.0795 e. The quantitative estimate of drug-likeness (QED) is 0.584. The van der Waals surface area contributed by atoms with Crippen LogP contribution in [-0.2, 0) is 0 Å². The zero-order valence-corrected chi connectivity index (χ0v) is 13.1. The highest BCUT2D eigenvalue weighted by Gasteiger charge is 2.33. The van der Waals surface area contributed by atoms with Gasteiger partial charge in [-0.25, -0.2) is 0 Å². The molecule has 0 nitrogen and oxygen atoms in total. The van der Waals surface area contributed by atoms with Crippen molar-refractivity contribution in [2.45, 2.75) is 33.6 Å². The Hall–Kier alpha value is -1.82. The highest BCUT2D eigenvalue weighted by Crippen LogP contribution is 2.48. The van der Waals surface area contributed by atoms with E-state index in [1.54, 1.807) is 5.57 Å². The third-order valence-electron chi connectivity index (χ3n) is 4.62. The minimum absolute atomic E-state index is 0.336. The third kappa shape index (κ3) is 2.14. The van der Waals surface area contributed by atoms with Crippen molar-refractivity contribution in [3.05, 3.63) is 82.0 Å². The SMILES string of the molecule is CC(C)(C)CC1=CC2=CC=C3C=CCC4=C3C2C(=C1)C=C4. The van der Waals surface area contributed by atoms with Gasteiger partial charge in [0.1, 0.15) is 0 Å². The fraction of sp³-hybridized carbons (Fsp3) is 0.333. The maximum Gasteiger partial charge on any atom is 0.0348 e. The van der Waals surface area contributed by atoms with Crippen molar-refractivity contribution >= 4 is 0 Å². The molecule has 21 heavy (non-hydrogen) atoms. The molecule has 4 rings (SSSR count). The Kier molecular flexibility index (Phi) is 2.66. The summed E-state index contributed by atoms with van der Waals surface area (Å²) in [4.78, 5) is 0. The lowest BCUT2D eigenvalue weighted by Gasteiger charge is -2.36. The molecule has 106 valence electrons. The molecule has 0 saturated carbocycles. The van der Waals surface area contributed by atoms with Gasteiger partial charge >= 0.3 is 0 Å². The molecule has 0 heteroatoms. The average molecular weight is 274 g/mol. The van der Waals surface area contributed by atoms with Crippen LogP contribution in [0.15, 0.2) is 82.0 Å². The second-order valence-corrected chi connectivity index (χ2v) is 7.70. The number of rotatable bonds is 1. The van der Waals surface area contributed by atoms with Gasteiger partial charge < -0.3 is 0 Å². The molecule has 0 spiro atoms. The Bertz CT molecular complexity index is 718. The summed E-state index contributed by atoms with van der Waals surface area (Å²) in [5.74, 6) is 0.485. The van der Waals surface area contributed by atoms with E-state index in [1.807, 2.05) is 0 Å². The predicted octanol–water partition coefficient (Wildman–Crippen LogP) is 5.60. The number of hydrogen-bond donors (Lipinski definition) is 0. The molecule has 0 heterocycles. The van der Waals surface area contributed by atoms with Gasteiger partial charge in [0.2, 0.25) is 0 Å². The van der Waals surface area contributed by atoms with E-state index in [1.165, 1.54) is 27.9 Å². The molecule has 0 amide bonds. The van der Waals surface area contributed by atoms with Crippen molar-refractivity contribution in [1.82, 2.24) is 0 Å². The second-order valence-electron chi connectivity index (χ2n) is 7.70. The van der Waals surface area contributed by atoms with Gasteiger partial charge in [-0.15, -0.1) is 0 Å². The van der Waals surface area contributed by atoms with E-state index >= 15 is 0 Å². The fourth-order valence-corrected chi connectivity index (χ4v) is 3.90. The smallest absolute Gasteiger partial charge is 0.0348 e. The molecule has 4 aliphatic carbocycles. The third-order valence-corrected chi connectivity index (χ3v) is 4.62. The Morgan fingerprint density at radius 2 is 1.86 bits per heavy atom. The van der Waals surface area contributed by atoms with E-state index in [0.717, 1.165) is 12.8 Å². The lowest BCUT2D eigenvalue weighted by molar-refractivity contribution is 0.412. The number of hydrogen-bond acceptors (Lipinski definition) is 0. The molecule has 0 fully saturated rings. The summed E-state index contributed by atoms with van der Waals surface area (Å²) in [6, 6.07) is 0. The highest BCUT2D eigenvalue weighted by atomic mass is 14.4. The molecule has 0 aromatic carbocycles. The van der Waals surface area contributed by atoms with E-state index in [4.69, 9.17) is 0 Å². The van der Waals surface area contributed by atoms with Crippen molar-refractivity contribution in [1.29, 1.82) is 0 Å². The van der Waals surface area contributed by atoms with Gasteiger partial charge in [0.05, 0.1) is 0 Å². The van der Waals surface area contributed by atoms with Crippen LogP contribution in [0, 0.1) is 11.3 Å². The van der Waals surface area contributed by atoms with E-state index in [9.17, 15) is 0 Å². The largest absolute Gasteiger partial charge is 0.0795 e. The van der Waals surface area contributed by atoms with Gasteiger partial charge in [-0.1, -0.05) is 69.4 Å². The van der Waals surface area contributed by atoms with Crippen LogP contribution in [0.3, 0.4) is 0 Å². The monoisotopic (exact) mass is 274 g/mol. The molecule has 0 aromatic heterocycles. The summed E-state index contributed by atoms with van der Waals surface area (Å²) >= 11 is 0. The van der Waals surface area contributed by atoms with Gasteiger partial charge in [-0.3, -0.25) is 0 Å². The second kappa shape index (κ2) is 4.34. The summed E-state index contributed by atoms with van der Waals surface area (Å²) in [5.41, 5.74) is 9.22. The van der Waals surface area contributed by atoms with Crippen LogP contribution in [0.1, 0.15) is 33.6 Å².